The largest absolute Gasteiger partial charge is 0.486 e. The number of nitro groups is 1. The molecule has 0 saturated heterocycles. The van der Waals surface area contributed by atoms with Crippen LogP contribution in [0.4, 0.5) is 0 Å². The molecule has 1 saturated carbocycles. The molecular weight excluding hydrogens is 264 g/mol. The first-order valence-corrected chi connectivity index (χ1v) is 6.45. The van der Waals surface area contributed by atoms with Gasteiger partial charge in [-0.25, -0.2) is 0 Å². The highest BCUT2D eigenvalue weighted by Gasteiger charge is 2.53. The van der Waals surface area contributed by atoms with Crippen LogP contribution in [0.3, 0.4) is 0 Å². The number of carbonyl (C=O) groups excluding carboxylic acids is 1. The lowest BCUT2D eigenvalue weighted by atomic mass is 10.2. The second-order valence-corrected chi connectivity index (χ2v) is 4.89. The molecule has 1 heterocycles. The zero-order chi connectivity index (χ0) is 14.1. The van der Waals surface area contributed by atoms with Crippen LogP contribution in [0.5, 0.6) is 11.5 Å². The summed E-state index contributed by atoms with van der Waals surface area (Å²) in [4.78, 5) is 21.8. The standard InChI is InChI=1S/C13H14N2O5/c16-13(9-6-10(9)15(17)18)14-7-8-1-2-11-12(5-8)20-4-3-19-11/h1-2,5,9-10H,3-4,6-7H2,(H,14,16)/t9-,10+/m0/s1. The number of rotatable bonds is 4. The maximum absolute atomic E-state index is 11.7. The minimum atomic E-state index is -0.713. The Morgan fingerprint density at radius 3 is 2.80 bits per heavy atom. The van der Waals surface area contributed by atoms with Crippen molar-refractivity contribution < 1.29 is 19.2 Å². The van der Waals surface area contributed by atoms with E-state index in [0.717, 1.165) is 5.56 Å². The first-order chi connectivity index (χ1) is 9.65. The van der Waals surface area contributed by atoms with Crippen LogP contribution in [0.2, 0.25) is 0 Å². The van der Waals surface area contributed by atoms with Crippen LogP contribution in [-0.4, -0.2) is 30.1 Å². The summed E-state index contributed by atoms with van der Waals surface area (Å²) in [6.07, 6.45) is 0.333. The highest BCUT2D eigenvalue weighted by atomic mass is 16.6. The lowest BCUT2D eigenvalue weighted by Gasteiger charge is -2.18. The maximum atomic E-state index is 11.7. The van der Waals surface area contributed by atoms with E-state index in [2.05, 4.69) is 5.32 Å². The number of nitrogens with zero attached hydrogens (tertiary/aromatic N) is 1. The normalized spacial score (nSPS) is 23.0. The van der Waals surface area contributed by atoms with Gasteiger partial charge in [0.05, 0.1) is 0 Å². The second kappa shape index (κ2) is 4.99. The van der Waals surface area contributed by atoms with E-state index in [0.29, 0.717) is 37.7 Å². The number of benzene rings is 1. The van der Waals surface area contributed by atoms with Crippen LogP contribution < -0.4 is 14.8 Å². The Bertz CT molecular complexity index is 560. The molecular formula is C13H14N2O5. The van der Waals surface area contributed by atoms with Gasteiger partial charge in [0.15, 0.2) is 11.5 Å². The van der Waals surface area contributed by atoms with E-state index in [9.17, 15) is 14.9 Å². The van der Waals surface area contributed by atoms with Crippen LogP contribution in [0.25, 0.3) is 0 Å². The second-order valence-electron chi connectivity index (χ2n) is 4.89. The maximum Gasteiger partial charge on any atom is 0.230 e. The van der Waals surface area contributed by atoms with Gasteiger partial charge in [-0.15, -0.1) is 0 Å². The molecule has 3 rings (SSSR count). The summed E-state index contributed by atoms with van der Waals surface area (Å²) in [6, 6.07) is 4.74. The molecule has 0 unspecified atom stereocenters. The number of amides is 1. The zero-order valence-electron chi connectivity index (χ0n) is 10.7. The highest BCUT2D eigenvalue weighted by Crippen LogP contribution is 2.33. The Morgan fingerprint density at radius 2 is 2.10 bits per heavy atom. The summed E-state index contributed by atoms with van der Waals surface area (Å²) >= 11 is 0. The topological polar surface area (TPSA) is 90.7 Å². The molecule has 0 aromatic heterocycles. The molecule has 1 aliphatic carbocycles. The number of carbonyl (C=O) groups is 1. The average molecular weight is 278 g/mol. The third-order valence-electron chi connectivity index (χ3n) is 3.44. The van der Waals surface area contributed by atoms with Gasteiger partial charge in [0.1, 0.15) is 19.1 Å². The van der Waals surface area contributed by atoms with Crippen LogP contribution in [-0.2, 0) is 11.3 Å². The van der Waals surface area contributed by atoms with Gasteiger partial charge in [-0.1, -0.05) is 6.07 Å². The van der Waals surface area contributed by atoms with Crippen LogP contribution >= 0.6 is 0 Å². The van der Waals surface area contributed by atoms with Gasteiger partial charge >= 0.3 is 0 Å². The van der Waals surface area contributed by atoms with E-state index in [1.165, 1.54) is 0 Å². The molecule has 1 amide bonds. The molecule has 7 heteroatoms. The first kappa shape index (κ1) is 12.7. The summed E-state index contributed by atoms with van der Waals surface area (Å²) in [5.41, 5.74) is 0.876. The molecule has 1 aromatic carbocycles. The van der Waals surface area contributed by atoms with E-state index in [4.69, 9.17) is 9.47 Å². The summed E-state index contributed by atoms with van der Waals surface area (Å²) in [5.74, 6) is 0.614. The molecule has 1 N–H and O–H groups in total. The van der Waals surface area contributed by atoms with Gasteiger partial charge in [-0.05, 0) is 17.7 Å². The van der Waals surface area contributed by atoms with Crippen molar-refractivity contribution in [3.05, 3.63) is 33.9 Å². The predicted octanol–water partition coefficient (Wildman–Crippen LogP) is 0.739. The van der Waals surface area contributed by atoms with Gasteiger partial charge in [-0.3, -0.25) is 14.9 Å². The smallest absolute Gasteiger partial charge is 0.230 e. The molecule has 20 heavy (non-hydrogen) atoms. The van der Waals surface area contributed by atoms with Crippen molar-refractivity contribution in [1.82, 2.24) is 5.32 Å². The summed E-state index contributed by atoms with van der Waals surface area (Å²) in [6.45, 7) is 1.37. The van der Waals surface area contributed by atoms with Crippen molar-refractivity contribution in [2.45, 2.75) is 19.0 Å². The average Bonchev–Trinajstić information content (AvgIpc) is 3.25. The van der Waals surface area contributed by atoms with Crippen molar-refractivity contribution in [2.24, 2.45) is 5.92 Å². The lowest BCUT2D eigenvalue weighted by molar-refractivity contribution is -0.497. The minimum Gasteiger partial charge on any atom is -0.486 e. The Morgan fingerprint density at radius 1 is 1.35 bits per heavy atom. The number of hydrogen-bond donors (Lipinski definition) is 1. The van der Waals surface area contributed by atoms with E-state index in [1.54, 1.807) is 6.07 Å². The number of ether oxygens (including phenoxy) is 2. The molecule has 1 fully saturated rings. The lowest BCUT2D eigenvalue weighted by Crippen LogP contribution is -2.27. The minimum absolute atomic E-state index is 0.262. The first-order valence-electron chi connectivity index (χ1n) is 6.45. The Labute approximate surface area is 115 Å². The van der Waals surface area contributed by atoms with E-state index >= 15 is 0 Å². The third-order valence-corrected chi connectivity index (χ3v) is 3.44. The molecule has 0 radical (unpaired) electrons. The van der Waals surface area contributed by atoms with Crippen molar-refractivity contribution in [3.8, 4) is 11.5 Å². The van der Waals surface area contributed by atoms with Crippen molar-refractivity contribution in [2.75, 3.05) is 13.2 Å². The molecule has 106 valence electrons. The predicted molar refractivity (Wildman–Crippen MR) is 68.2 cm³/mol. The van der Waals surface area contributed by atoms with Gasteiger partial charge < -0.3 is 14.8 Å². The number of fused-ring (bicyclic) bond motifs is 1. The van der Waals surface area contributed by atoms with E-state index in [-0.39, 0.29) is 5.91 Å². The van der Waals surface area contributed by atoms with Crippen LogP contribution in [0, 0.1) is 16.0 Å². The molecule has 2 aliphatic rings. The summed E-state index contributed by atoms with van der Waals surface area (Å²) in [5, 5.41) is 13.2. The fraction of sp³-hybridized carbons (Fsp3) is 0.462. The monoisotopic (exact) mass is 278 g/mol. The molecule has 2 atom stereocenters. The molecule has 1 aromatic rings. The van der Waals surface area contributed by atoms with Gasteiger partial charge in [0, 0.05) is 17.9 Å². The number of nitrogens with one attached hydrogen (secondary N) is 1. The van der Waals surface area contributed by atoms with Gasteiger partial charge in [-0.2, -0.15) is 0 Å². The van der Waals surface area contributed by atoms with Gasteiger partial charge in [0.25, 0.3) is 0 Å². The molecule has 0 spiro atoms. The molecule has 7 nitrogen and oxygen atoms in total. The van der Waals surface area contributed by atoms with Crippen molar-refractivity contribution in [1.29, 1.82) is 0 Å². The Kier molecular flexibility index (Phi) is 3.17. The SMILES string of the molecule is O=C(NCc1ccc2c(c1)OCCO2)[C@H]1C[C@H]1[N+](=O)[O-]. The summed E-state index contributed by atoms with van der Waals surface area (Å²) < 4.78 is 10.9. The molecule has 1 aliphatic heterocycles. The quantitative estimate of drug-likeness (QED) is 0.648. The van der Waals surface area contributed by atoms with Gasteiger partial charge in [0.2, 0.25) is 11.9 Å². The van der Waals surface area contributed by atoms with Crippen LogP contribution in [0.1, 0.15) is 12.0 Å². The van der Waals surface area contributed by atoms with E-state index in [1.807, 2.05) is 12.1 Å². The van der Waals surface area contributed by atoms with E-state index < -0.39 is 16.9 Å². The van der Waals surface area contributed by atoms with Crippen molar-refractivity contribution >= 4 is 5.91 Å². The Balaban J connectivity index is 1.56. The van der Waals surface area contributed by atoms with Crippen molar-refractivity contribution in [3.63, 3.8) is 0 Å². The van der Waals surface area contributed by atoms with Crippen LogP contribution in [0.15, 0.2) is 18.2 Å². The fourth-order valence-corrected chi connectivity index (χ4v) is 2.21. The Hall–Kier alpha value is -2.31. The zero-order valence-corrected chi connectivity index (χ0v) is 10.7. The summed E-state index contributed by atoms with van der Waals surface area (Å²) in [7, 11) is 0. The fourth-order valence-electron chi connectivity index (χ4n) is 2.21. The number of hydrogen-bond acceptors (Lipinski definition) is 5. The highest BCUT2D eigenvalue weighted by molar-refractivity contribution is 5.81. The molecule has 0 bridgehead atoms. The third kappa shape index (κ3) is 2.52.